The summed E-state index contributed by atoms with van der Waals surface area (Å²) in [6.07, 6.45) is 4.74. The third-order valence-corrected chi connectivity index (χ3v) is 3.72. The average Bonchev–Trinajstić information content (AvgIpc) is 2.69. The van der Waals surface area contributed by atoms with Crippen LogP contribution in [0.2, 0.25) is 0 Å². The van der Waals surface area contributed by atoms with E-state index in [0.29, 0.717) is 11.5 Å². The van der Waals surface area contributed by atoms with E-state index in [2.05, 4.69) is 15.9 Å². The molecule has 1 atom stereocenters. The molecule has 0 spiro atoms. The van der Waals surface area contributed by atoms with Crippen LogP contribution >= 0.6 is 15.9 Å². The van der Waals surface area contributed by atoms with Crippen molar-refractivity contribution in [1.29, 1.82) is 0 Å². The summed E-state index contributed by atoms with van der Waals surface area (Å²) in [7, 11) is 0. The lowest BCUT2D eigenvalue weighted by atomic mass is 9.92. The van der Waals surface area contributed by atoms with Gasteiger partial charge < -0.3 is 5.73 Å². The topological polar surface area (TPSA) is 26.0 Å². The fourth-order valence-electron chi connectivity index (χ4n) is 2.34. The third kappa shape index (κ3) is 2.40. The molecule has 1 aliphatic rings. The summed E-state index contributed by atoms with van der Waals surface area (Å²) in [6.45, 7) is 0. The van der Waals surface area contributed by atoms with Gasteiger partial charge in [-0.2, -0.15) is 0 Å². The molecule has 3 heteroatoms. The van der Waals surface area contributed by atoms with E-state index in [9.17, 15) is 4.39 Å². The lowest BCUT2D eigenvalue weighted by molar-refractivity contribution is 0.429. The Labute approximate surface area is 98.0 Å². The number of hydrogen-bond acceptors (Lipinski definition) is 1. The van der Waals surface area contributed by atoms with Gasteiger partial charge in [-0.15, -0.1) is 0 Å². The van der Waals surface area contributed by atoms with Crippen LogP contribution in [0.3, 0.4) is 0 Å². The molecule has 0 aliphatic heterocycles. The summed E-state index contributed by atoms with van der Waals surface area (Å²) in [5.41, 5.74) is 6.75. The van der Waals surface area contributed by atoms with Crippen molar-refractivity contribution in [2.75, 3.05) is 0 Å². The summed E-state index contributed by atoms with van der Waals surface area (Å²) in [6, 6.07) is 5.00. The van der Waals surface area contributed by atoms with Crippen LogP contribution in [0.1, 0.15) is 37.3 Å². The van der Waals surface area contributed by atoms with Gasteiger partial charge in [0, 0.05) is 16.1 Å². The first kappa shape index (κ1) is 11.1. The predicted octanol–water partition coefficient (Wildman–Crippen LogP) is 3.78. The number of halogens is 2. The van der Waals surface area contributed by atoms with Gasteiger partial charge in [0.15, 0.2) is 0 Å². The van der Waals surface area contributed by atoms with E-state index in [1.807, 2.05) is 6.07 Å². The fraction of sp³-hybridized carbons (Fsp3) is 0.500. The standard InChI is InChI=1S/C12H15BrFN/c13-9-5-6-10(11(14)7-9)12(15)8-3-1-2-4-8/h5-8,12H,1-4,15H2/t12-/m0/s1. The van der Waals surface area contributed by atoms with Gasteiger partial charge in [0.05, 0.1) is 0 Å². The first-order valence-corrected chi connectivity index (χ1v) is 6.18. The zero-order valence-corrected chi connectivity index (χ0v) is 10.1. The summed E-state index contributed by atoms with van der Waals surface area (Å²) >= 11 is 3.25. The van der Waals surface area contributed by atoms with Gasteiger partial charge >= 0.3 is 0 Å². The molecule has 0 unspecified atom stereocenters. The highest BCUT2D eigenvalue weighted by Gasteiger charge is 2.25. The average molecular weight is 272 g/mol. The van der Waals surface area contributed by atoms with E-state index in [0.717, 1.165) is 17.3 Å². The molecule has 15 heavy (non-hydrogen) atoms. The van der Waals surface area contributed by atoms with E-state index in [-0.39, 0.29) is 11.9 Å². The molecule has 2 rings (SSSR count). The quantitative estimate of drug-likeness (QED) is 0.871. The first-order valence-electron chi connectivity index (χ1n) is 5.39. The van der Waals surface area contributed by atoms with E-state index in [1.165, 1.54) is 18.9 Å². The van der Waals surface area contributed by atoms with Crippen LogP contribution < -0.4 is 5.73 Å². The molecular weight excluding hydrogens is 257 g/mol. The maximum Gasteiger partial charge on any atom is 0.129 e. The lowest BCUT2D eigenvalue weighted by Gasteiger charge is -2.19. The summed E-state index contributed by atoms with van der Waals surface area (Å²) in [4.78, 5) is 0. The van der Waals surface area contributed by atoms with Crippen molar-refractivity contribution in [3.05, 3.63) is 34.1 Å². The Bertz CT molecular complexity index is 347. The van der Waals surface area contributed by atoms with E-state index < -0.39 is 0 Å². The van der Waals surface area contributed by atoms with Gasteiger partial charge in [-0.25, -0.2) is 4.39 Å². The number of benzene rings is 1. The van der Waals surface area contributed by atoms with Crippen LogP contribution in [0.4, 0.5) is 4.39 Å². The molecule has 0 heterocycles. The van der Waals surface area contributed by atoms with Crippen molar-refractivity contribution in [1.82, 2.24) is 0 Å². The van der Waals surface area contributed by atoms with Crippen LogP contribution in [0.5, 0.6) is 0 Å². The molecule has 1 aromatic carbocycles. The molecule has 1 saturated carbocycles. The van der Waals surface area contributed by atoms with Gasteiger partial charge in [-0.05, 0) is 30.9 Å². The molecule has 1 nitrogen and oxygen atoms in total. The van der Waals surface area contributed by atoms with Crippen LogP contribution in [0, 0.1) is 11.7 Å². The van der Waals surface area contributed by atoms with Gasteiger partial charge in [0.1, 0.15) is 5.82 Å². The Kier molecular flexibility index (Phi) is 3.42. The molecule has 2 N–H and O–H groups in total. The van der Waals surface area contributed by atoms with E-state index in [4.69, 9.17) is 5.73 Å². The number of rotatable bonds is 2. The Morgan fingerprint density at radius 3 is 2.60 bits per heavy atom. The zero-order chi connectivity index (χ0) is 10.8. The van der Waals surface area contributed by atoms with Crippen molar-refractivity contribution in [3.63, 3.8) is 0 Å². The zero-order valence-electron chi connectivity index (χ0n) is 8.55. The van der Waals surface area contributed by atoms with E-state index >= 15 is 0 Å². The molecule has 0 aromatic heterocycles. The molecule has 0 bridgehead atoms. The fourth-order valence-corrected chi connectivity index (χ4v) is 2.68. The second-order valence-electron chi connectivity index (χ2n) is 4.24. The van der Waals surface area contributed by atoms with Crippen LogP contribution in [0.25, 0.3) is 0 Å². The molecule has 0 saturated heterocycles. The minimum Gasteiger partial charge on any atom is -0.324 e. The Hall–Kier alpha value is -0.410. The minimum atomic E-state index is -0.191. The Morgan fingerprint density at radius 1 is 1.33 bits per heavy atom. The van der Waals surface area contributed by atoms with Gasteiger partial charge in [-0.3, -0.25) is 0 Å². The highest BCUT2D eigenvalue weighted by molar-refractivity contribution is 9.10. The maximum absolute atomic E-state index is 13.6. The number of nitrogens with two attached hydrogens (primary N) is 1. The minimum absolute atomic E-state index is 0.138. The van der Waals surface area contributed by atoms with Crippen LogP contribution in [0.15, 0.2) is 22.7 Å². The molecular formula is C12H15BrFN. The van der Waals surface area contributed by atoms with Crippen molar-refractivity contribution in [3.8, 4) is 0 Å². The third-order valence-electron chi connectivity index (χ3n) is 3.23. The van der Waals surface area contributed by atoms with E-state index in [1.54, 1.807) is 6.07 Å². The molecule has 1 aromatic rings. The van der Waals surface area contributed by atoms with Crippen LogP contribution in [-0.2, 0) is 0 Å². The summed E-state index contributed by atoms with van der Waals surface area (Å²) in [5.74, 6) is 0.268. The van der Waals surface area contributed by atoms with Crippen molar-refractivity contribution >= 4 is 15.9 Å². The largest absolute Gasteiger partial charge is 0.324 e. The summed E-state index contributed by atoms with van der Waals surface area (Å²) in [5, 5.41) is 0. The lowest BCUT2D eigenvalue weighted by Crippen LogP contribution is -2.20. The van der Waals surface area contributed by atoms with Crippen LogP contribution in [-0.4, -0.2) is 0 Å². The predicted molar refractivity (Wildman–Crippen MR) is 63.0 cm³/mol. The van der Waals surface area contributed by atoms with Crippen molar-refractivity contribution < 1.29 is 4.39 Å². The second-order valence-corrected chi connectivity index (χ2v) is 5.15. The normalized spacial score (nSPS) is 19.4. The van der Waals surface area contributed by atoms with Gasteiger partial charge in [-0.1, -0.05) is 34.8 Å². The Morgan fingerprint density at radius 2 is 2.00 bits per heavy atom. The molecule has 82 valence electrons. The Balaban J connectivity index is 2.20. The number of hydrogen-bond donors (Lipinski definition) is 1. The van der Waals surface area contributed by atoms with Gasteiger partial charge in [0.25, 0.3) is 0 Å². The molecule has 0 amide bonds. The summed E-state index contributed by atoms with van der Waals surface area (Å²) < 4.78 is 14.4. The second kappa shape index (κ2) is 4.62. The smallest absolute Gasteiger partial charge is 0.129 e. The van der Waals surface area contributed by atoms with Gasteiger partial charge in [0.2, 0.25) is 0 Å². The monoisotopic (exact) mass is 271 g/mol. The SMILES string of the molecule is N[C@H](c1ccc(Br)cc1F)C1CCCC1. The molecule has 1 aliphatic carbocycles. The van der Waals surface area contributed by atoms with Crippen molar-refractivity contribution in [2.24, 2.45) is 11.7 Å². The molecule has 1 fully saturated rings. The first-order chi connectivity index (χ1) is 7.18. The molecule has 0 radical (unpaired) electrons. The maximum atomic E-state index is 13.6. The van der Waals surface area contributed by atoms with Crippen molar-refractivity contribution in [2.45, 2.75) is 31.7 Å². The highest BCUT2D eigenvalue weighted by atomic mass is 79.9. The highest BCUT2D eigenvalue weighted by Crippen LogP contribution is 2.35.